The molecule has 5 nitrogen and oxygen atoms in total. The number of anilines is 2. The van der Waals surface area contributed by atoms with Crippen molar-refractivity contribution in [2.45, 2.75) is 19.9 Å². The summed E-state index contributed by atoms with van der Waals surface area (Å²) in [6.07, 6.45) is 0. The van der Waals surface area contributed by atoms with E-state index in [1.165, 1.54) is 6.07 Å². The number of hydrogen-bond donors (Lipinski definition) is 2. The molecule has 0 amide bonds. The van der Waals surface area contributed by atoms with Gasteiger partial charge in [-0.3, -0.25) is 4.90 Å². The van der Waals surface area contributed by atoms with Gasteiger partial charge >= 0.3 is 5.97 Å². The standard InChI is InChI=1S/C14H21N3O2/c1-10(2)16-5-7-17(8-6-16)13-4-3-11(15)9-12(13)14(18)19/h3-4,9-10H,5-8,15H2,1-2H3,(H,18,19). The minimum Gasteiger partial charge on any atom is -0.478 e. The van der Waals surface area contributed by atoms with Crippen molar-refractivity contribution >= 4 is 17.3 Å². The first-order valence-electron chi connectivity index (χ1n) is 6.61. The van der Waals surface area contributed by atoms with Crippen LogP contribution in [0.3, 0.4) is 0 Å². The van der Waals surface area contributed by atoms with Crippen molar-refractivity contribution in [3.8, 4) is 0 Å². The summed E-state index contributed by atoms with van der Waals surface area (Å²) < 4.78 is 0. The summed E-state index contributed by atoms with van der Waals surface area (Å²) in [6.45, 7) is 7.98. The number of nitrogens with two attached hydrogens (primary N) is 1. The van der Waals surface area contributed by atoms with Gasteiger partial charge in [0.15, 0.2) is 0 Å². The van der Waals surface area contributed by atoms with Gasteiger partial charge in [-0.05, 0) is 32.0 Å². The number of carboxylic acid groups (broad SMARTS) is 1. The fourth-order valence-electron chi connectivity index (χ4n) is 2.48. The van der Waals surface area contributed by atoms with E-state index in [0.717, 1.165) is 31.9 Å². The van der Waals surface area contributed by atoms with Crippen LogP contribution >= 0.6 is 0 Å². The van der Waals surface area contributed by atoms with Crippen molar-refractivity contribution in [2.75, 3.05) is 36.8 Å². The molecule has 5 heteroatoms. The Kier molecular flexibility index (Phi) is 3.95. The lowest BCUT2D eigenvalue weighted by atomic mass is 10.1. The Labute approximate surface area is 113 Å². The highest BCUT2D eigenvalue weighted by Crippen LogP contribution is 2.24. The quantitative estimate of drug-likeness (QED) is 0.809. The monoisotopic (exact) mass is 263 g/mol. The van der Waals surface area contributed by atoms with Gasteiger partial charge in [0.05, 0.1) is 11.3 Å². The lowest BCUT2D eigenvalue weighted by Gasteiger charge is -2.38. The Balaban J connectivity index is 2.17. The number of benzene rings is 1. The number of carbonyl (C=O) groups is 1. The van der Waals surface area contributed by atoms with Crippen LogP contribution in [0.15, 0.2) is 18.2 Å². The molecule has 0 saturated carbocycles. The minimum atomic E-state index is -0.923. The SMILES string of the molecule is CC(C)N1CCN(c2ccc(N)cc2C(=O)O)CC1. The van der Waals surface area contributed by atoms with Gasteiger partial charge in [-0.2, -0.15) is 0 Å². The molecule has 1 aromatic rings. The molecule has 1 aliphatic rings. The topological polar surface area (TPSA) is 69.8 Å². The molecule has 0 aliphatic carbocycles. The van der Waals surface area contributed by atoms with E-state index in [2.05, 4.69) is 23.6 Å². The molecule has 19 heavy (non-hydrogen) atoms. The van der Waals surface area contributed by atoms with Gasteiger partial charge in [0, 0.05) is 37.9 Å². The number of piperazine rings is 1. The summed E-state index contributed by atoms with van der Waals surface area (Å²) in [5, 5.41) is 9.27. The Morgan fingerprint density at radius 1 is 1.26 bits per heavy atom. The van der Waals surface area contributed by atoms with E-state index in [-0.39, 0.29) is 5.56 Å². The second-order valence-corrected chi connectivity index (χ2v) is 5.20. The molecule has 0 unspecified atom stereocenters. The maximum absolute atomic E-state index is 11.3. The molecule has 3 N–H and O–H groups in total. The van der Waals surface area contributed by atoms with Crippen molar-refractivity contribution in [3.05, 3.63) is 23.8 Å². The number of hydrogen-bond acceptors (Lipinski definition) is 4. The van der Waals surface area contributed by atoms with Gasteiger partial charge in [0.2, 0.25) is 0 Å². The number of rotatable bonds is 3. The number of nitrogen functional groups attached to an aromatic ring is 1. The zero-order valence-electron chi connectivity index (χ0n) is 11.5. The van der Waals surface area contributed by atoms with E-state index < -0.39 is 5.97 Å². The van der Waals surface area contributed by atoms with Gasteiger partial charge in [-0.1, -0.05) is 0 Å². The summed E-state index contributed by atoms with van der Waals surface area (Å²) in [7, 11) is 0. The second kappa shape index (κ2) is 5.48. The normalized spacial score (nSPS) is 16.9. The molecule has 1 saturated heterocycles. The maximum atomic E-state index is 11.3. The average Bonchev–Trinajstić information content (AvgIpc) is 2.38. The Morgan fingerprint density at radius 2 is 1.89 bits per heavy atom. The summed E-state index contributed by atoms with van der Waals surface area (Å²) in [6, 6.07) is 5.64. The maximum Gasteiger partial charge on any atom is 0.337 e. The highest BCUT2D eigenvalue weighted by atomic mass is 16.4. The second-order valence-electron chi connectivity index (χ2n) is 5.20. The van der Waals surface area contributed by atoms with E-state index in [1.807, 2.05) is 6.07 Å². The fourth-order valence-corrected chi connectivity index (χ4v) is 2.48. The molecular formula is C14H21N3O2. The molecule has 0 spiro atoms. The van der Waals surface area contributed by atoms with Crippen LogP contribution in [0.1, 0.15) is 24.2 Å². The molecule has 1 heterocycles. The highest BCUT2D eigenvalue weighted by molar-refractivity contribution is 5.95. The molecule has 1 aromatic carbocycles. The first kappa shape index (κ1) is 13.7. The predicted octanol–water partition coefficient (Wildman–Crippen LogP) is 1.50. The number of nitrogens with zero attached hydrogens (tertiary/aromatic N) is 2. The summed E-state index contributed by atoms with van der Waals surface area (Å²) >= 11 is 0. The molecule has 0 radical (unpaired) electrons. The van der Waals surface area contributed by atoms with Gasteiger partial charge < -0.3 is 15.7 Å². The van der Waals surface area contributed by atoms with E-state index in [1.54, 1.807) is 6.07 Å². The van der Waals surface area contributed by atoms with Gasteiger partial charge in [-0.15, -0.1) is 0 Å². The average molecular weight is 263 g/mol. The molecule has 2 rings (SSSR count). The van der Waals surface area contributed by atoms with E-state index in [0.29, 0.717) is 11.7 Å². The van der Waals surface area contributed by atoms with Crippen LogP contribution in [0.2, 0.25) is 0 Å². The Morgan fingerprint density at radius 3 is 2.42 bits per heavy atom. The van der Waals surface area contributed by atoms with Crippen LogP contribution in [-0.2, 0) is 0 Å². The van der Waals surface area contributed by atoms with E-state index >= 15 is 0 Å². The number of carboxylic acids is 1. The van der Waals surface area contributed by atoms with Crippen molar-refractivity contribution in [1.29, 1.82) is 0 Å². The Hall–Kier alpha value is -1.75. The third kappa shape index (κ3) is 2.98. The zero-order chi connectivity index (χ0) is 14.0. The fraction of sp³-hybridized carbons (Fsp3) is 0.500. The summed E-state index contributed by atoms with van der Waals surface area (Å²) in [5.41, 5.74) is 7.21. The van der Waals surface area contributed by atoms with E-state index in [9.17, 15) is 9.90 Å². The Bertz CT molecular complexity index is 466. The van der Waals surface area contributed by atoms with Crippen molar-refractivity contribution in [2.24, 2.45) is 0 Å². The molecule has 0 atom stereocenters. The van der Waals surface area contributed by atoms with Crippen LogP contribution in [0.4, 0.5) is 11.4 Å². The van der Waals surface area contributed by atoms with Crippen LogP contribution < -0.4 is 10.6 Å². The third-order valence-corrected chi connectivity index (χ3v) is 3.64. The third-order valence-electron chi connectivity index (χ3n) is 3.64. The first-order valence-corrected chi connectivity index (χ1v) is 6.61. The summed E-state index contributed by atoms with van der Waals surface area (Å²) in [4.78, 5) is 15.8. The van der Waals surface area contributed by atoms with Crippen molar-refractivity contribution in [3.63, 3.8) is 0 Å². The largest absolute Gasteiger partial charge is 0.478 e. The number of aromatic carboxylic acids is 1. The lowest BCUT2D eigenvalue weighted by molar-refractivity contribution is 0.0697. The van der Waals surface area contributed by atoms with Gasteiger partial charge in [-0.25, -0.2) is 4.79 Å². The van der Waals surface area contributed by atoms with Crippen LogP contribution in [0.25, 0.3) is 0 Å². The molecule has 1 aliphatic heterocycles. The van der Waals surface area contributed by atoms with E-state index in [4.69, 9.17) is 5.73 Å². The molecule has 0 bridgehead atoms. The van der Waals surface area contributed by atoms with Gasteiger partial charge in [0.1, 0.15) is 0 Å². The van der Waals surface area contributed by atoms with Crippen LogP contribution in [0.5, 0.6) is 0 Å². The van der Waals surface area contributed by atoms with Gasteiger partial charge in [0.25, 0.3) is 0 Å². The molecule has 1 fully saturated rings. The smallest absolute Gasteiger partial charge is 0.337 e. The summed E-state index contributed by atoms with van der Waals surface area (Å²) in [5.74, 6) is -0.923. The zero-order valence-corrected chi connectivity index (χ0v) is 11.5. The molecule has 0 aromatic heterocycles. The predicted molar refractivity (Wildman–Crippen MR) is 76.7 cm³/mol. The first-order chi connectivity index (χ1) is 8.99. The lowest BCUT2D eigenvalue weighted by Crippen LogP contribution is -2.49. The van der Waals surface area contributed by atoms with Crippen molar-refractivity contribution < 1.29 is 9.90 Å². The molecular weight excluding hydrogens is 242 g/mol. The van der Waals surface area contributed by atoms with Crippen LogP contribution in [0, 0.1) is 0 Å². The minimum absolute atomic E-state index is 0.290. The van der Waals surface area contributed by atoms with Crippen LogP contribution in [-0.4, -0.2) is 48.2 Å². The molecule has 104 valence electrons. The van der Waals surface area contributed by atoms with Crippen molar-refractivity contribution in [1.82, 2.24) is 4.90 Å². The highest BCUT2D eigenvalue weighted by Gasteiger charge is 2.22.